The molecular weight excluding hydrogens is 269 g/mol. The van der Waals surface area contributed by atoms with Crippen LogP contribution in [0.15, 0.2) is 52.3 Å². The molecule has 1 amide bonds. The number of nitrogens with zero attached hydrogens (tertiary/aromatic N) is 3. The van der Waals surface area contributed by atoms with E-state index in [4.69, 9.17) is 8.94 Å². The van der Waals surface area contributed by atoms with Crippen LogP contribution in [-0.2, 0) is 11.2 Å². The van der Waals surface area contributed by atoms with Gasteiger partial charge in [0.15, 0.2) is 0 Å². The van der Waals surface area contributed by atoms with E-state index in [0.717, 1.165) is 11.1 Å². The Labute approximate surface area is 121 Å². The van der Waals surface area contributed by atoms with Gasteiger partial charge >= 0.3 is 120 Å². The van der Waals surface area contributed by atoms with Crippen molar-refractivity contribution in [2.24, 2.45) is 0 Å². The van der Waals surface area contributed by atoms with E-state index in [0.29, 0.717) is 17.9 Å². The Bertz CT molecular complexity index is 767. The van der Waals surface area contributed by atoms with Gasteiger partial charge in [-0.15, -0.1) is 0 Å². The number of oxazole rings is 1. The molecule has 2 aromatic heterocycles. The average molecular weight is 281 g/mol. The van der Waals surface area contributed by atoms with Crippen LogP contribution >= 0.6 is 0 Å². The molecule has 0 saturated heterocycles. The number of anilines is 1. The molecule has 0 atom stereocenters. The second-order valence-electron chi connectivity index (χ2n) is 4.47. The van der Waals surface area contributed by atoms with Crippen LogP contribution in [0.2, 0.25) is 0 Å². The third-order valence-electron chi connectivity index (χ3n) is 3.05. The molecular formula is C14H12BN3O3. The van der Waals surface area contributed by atoms with Crippen LogP contribution in [0.3, 0.4) is 0 Å². The Hall–Kier alpha value is -2.70. The number of benzene rings is 1. The molecule has 0 saturated carbocycles. The zero-order chi connectivity index (χ0) is 14.7. The molecule has 0 N–H and O–H groups in total. The van der Waals surface area contributed by atoms with E-state index in [1.807, 2.05) is 12.1 Å². The molecule has 3 rings (SSSR count). The topological polar surface area (TPSA) is 72.4 Å². The van der Waals surface area contributed by atoms with Crippen molar-refractivity contribution in [2.45, 2.75) is 6.42 Å². The number of fused-ring (bicyclic) bond motifs is 1. The first kappa shape index (κ1) is 13.3. The van der Waals surface area contributed by atoms with E-state index in [1.165, 1.54) is 17.4 Å². The zero-order valence-corrected chi connectivity index (χ0v) is 11.2. The van der Waals surface area contributed by atoms with E-state index >= 15 is 0 Å². The predicted molar refractivity (Wildman–Crippen MR) is 78.1 cm³/mol. The number of carbonyl (C=O) groups excluding carboxylic acids is 1. The van der Waals surface area contributed by atoms with E-state index in [-0.39, 0.29) is 12.3 Å². The van der Waals surface area contributed by atoms with Gasteiger partial charge in [0.25, 0.3) is 0 Å². The Morgan fingerprint density at radius 1 is 1.48 bits per heavy atom. The molecule has 0 spiro atoms. The van der Waals surface area contributed by atoms with Crippen LogP contribution in [0.5, 0.6) is 0 Å². The fraction of sp³-hybridized carbons (Fsp3) is 0.143. The van der Waals surface area contributed by atoms with Crippen LogP contribution in [0.1, 0.15) is 5.56 Å². The van der Waals surface area contributed by atoms with Crippen LogP contribution in [0.25, 0.3) is 11.1 Å². The summed E-state index contributed by atoms with van der Waals surface area (Å²) in [5.74, 6) is 0.303. The number of amides is 1. The zero-order valence-electron chi connectivity index (χ0n) is 11.2. The standard InChI is InChI=1S/C14H12BN3O3/c1-2-5-18(14-15-8-17-21-14)13(19)7-10-3-4-12-11(6-10)16-9-20-12/h2-4,6,8-9H,1,5,7H2. The van der Waals surface area contributed by atoms with Gasteiger partial charge in [-0.1, -0.05) is 0 Å². The number of hydrogen-bond acceptors (Lipinski definition) is 5. The number of carbonyl (C=O) groups is 1. The molecule has 2 heterocycles. The Balaban J connectivity index is 1.81. The van der Waals surface area contributed by atoms with Gasteiger partial charge < -0.3 is 0 Å². The summed E-state index contributed by atoms with van der Waals surface area (Å²) in [7, 11) is 0. The normalized spacial score (nSPS) is 10.5. The van der Waals surface area contributed by atoms with Gasteiger partial charge in [-0.2, -0.15) is 0 Å². The van der Waals surface area contributed by atoms with Crippen LogP contribution in [0, 0.1) is 0 Å². The Kier molecular flexibility index (Phi) is 3.64. The Morgan fingerprint density at radius 3 is 3.14 bits per heavy atom. The van der Waals surface area contributed by atoms with Gasteiger partial charge in [0.2, 0.25) is 0 Å². The van der Waals surface area contributed by atoms with Gasteiger partial charge in [-0.3, -0.25) is 0 Å². The molecule has 0 unspecified atom stereocenters. The van der Waals surface area contributed by atoms with E-state index < -0.39 is 0 Å². The fourth-order valence-corrected chi connectivity index (χ4v) is 2.08. The summed E-state index contributed by atoms with van der Waals surface area (Å²) < 4.78 is 10.2. The minimum atomic E-state index is -0.102. The molecule has 0 aliphatic rings. The minimum absolute atomic E-state index is 0.102. The van der Waals surface area contributed by atoms with Gasteiger partial charge in [0, 0.05) is 0 Å². The summed E-state index contributed by atoms with van der Waals surface area (Å²) in [4.78, 5) is 18.0. The molecule has 0 bridgehead atoms. The SMILES string of the molecule is C=CCN(C(=O)Cc1ccc2ocnc2c1)c1bcno1. The number of aromatic nitrogens is 2. The van der Waals surface area contributed by atoms with E-state index in [2.05, 4.69) is 16.7 Å². The monoisotopic (exact) mass is 281 g/mol. The van der Waals surface area contributed by atoms with Gasteiger partial charge in [0.1, 0.15) is 0 Å². The fourth-order valence-electron chi connectivity index (χ4n) is 2.08. The Morgan fingerprint density at radius 2 is 2.38 bits per heavy atom. The predicted octanol–water partition coefficient (Wildman–Crippen LogP) is 1.92. The quantitative estimate of drug-likeness (QED) is 0.668. The molecule has 7 heteroatoms. The van der Waals surface area contributed by atoms with Crippen molar-refractivity contribution in [2.75, 3.05) is 11.4 Å². The van der Waals surface area contributed by atoms with Crippen molar-refractivity contribution in [1.82, 2.24) is 10.1 Å². The maximum absolute atomic E-state index is 12.4. The van der Waals surface area contributed by atoms with Gasteiger partial charge in [-0.25, -0.2) is 0 Å². The molecule has 0 aliphatic carbocycles. The van der Waals surface area contributed by atoms with Gasteiger partial charge in [-0.05, 0) is 0 Å². The van der Waals surface area contributed by atoms with Crippen LogP contribution in [0.4, 0.5) is 5.78 Å². The first-order valence-corrected chi connectivity index (χ1v) is 6.42. The van der Waals surface area contributed by atoms with Crippen LogP contribution < -0.4 is 4.90 Å². The van der Waals surface area contributed by atoms with Crippen molar-refractivity contribution in [3.8, 4) is 0 Å². The second kappa shape index (κ2) is 5.74. The average Bonchev–Trinajstić information content (AvgIpc) is 3.15. The summed E-state index contributed by atoms with van der Waals surface area (Å²) in [6.45, 7) is 5.66. The van der Waals surface area contributed by atoms with Gasteiger partial charge in [0.05, 0.1) is 0 Å². The van der Waals surface area contributed by atoms with Crippen LogP contribution in [-0.4, -0.2) is 29.5 Å². The molecule has 0 fully saturated rings. The molecule has 3 aromatic rings. The first-order chi connectivity index (χ1) is 10.3. The van der Waals surface area contributed by atoms with Crippen molar-refractivity contribution in [3.05, 3.63) is 48.9 Å². The summed E-state index contributed by atoms with van der Waals surface area (Å²) in [6, 6.07) is 5.48. The number of rotatable bonds is 5. The summed E-state index contributed by atoms with van der Waals surface area (Å²) in [6.07, 6.45) is 4.76. The van der Waals surface area contributed by atoms with E-state index in [9.17, 15) is 4.79 Å². The first-order valence-electron chi connectivity index (χ1n) is 6.42. The summed E-state index contributed by atoms with van der Waals surface area (Å²) in [5.41, 5.74) is 2.29. The third-order valence-corrected chi connectivity index (χ3v) is 3.05. The summed E-state index contributed by atoms with van der Waals surface area (Å²) in [5, 5.41) is 3.62. The molecule has 104 valence electrons. The second-order valence-corrected chi connectivity index (χ2v) is 4.47. The molecule has 1 aromatic carbocycles. The number of hydrogen-bond donors (Lipinski definition) is 0. The summed E-state index contributed by atoms with van der Waals surface area (Å²) >= 11 is 0. The van der Waals surface area contributed by atoms with Crippen molar-refractivity contribution < 1.29 is 13.7 Å². The van der Waals surface area contributed by atoms with E-state index in [1.54, 1.807) is 19.1 Å². The molecule has 0 aliphatic heterocycles. The van der Waals surface area contributed by atoms with Crippen molar-refractivity contribution in [1.29, 1.82) is 0 Å². The molecule has 6 nitrogen and oxygen atoms in total. The third kappa shape index (κ3) is 2.76. The molecule has 21 heavy (non-hydrogen) atoms. The van der Waals surface area contributed by atoms with Crippen molar-refractivity contribution in [3.63, 3.8) is 0 Å². The molecule has 0 radical (unpaired) electrons. The maximum atomic E-state index is 12.4. The van der Waals surface area contributed by atoms with Crippen molar-refractivity contribution >= 4 is 29.7 Å².